The van der Waals surface area contributed by atoms with Crippen LogP contribution in [0.5, 0.6) is 5.75 Å². The zero-order chi connectivity index (χ0) is 35.2. The lowest BCUT2D eigenvalue weighted by molar-refractivity contribution is -0.120. The summed E-state index contributed by atoms with van der Waals surface area (Å²) in [6.07, 6.45) is 5.41. The van der Waals surface area contributed by atoms with Crippen LogP contribution >= 0.6 is 23.2 Å². The number of hydrogen-bond acceptors (Lipinski definition) is 8. The van der Waals surface area contributed by atoms with Crippen LogP contribution in [0.4, 0.5) is 24.7 Å². The van der Waals surface area contributed by atoms with Crippen LogP contribution in [0.15, 0.2) is 60.9 Å². The van der Waals surface area contributed by atoms with E-state index in [4.69, 9.17) is 27.9 Å². The third kappa shape index (κ3) is 8.47. The van der Waals surface area contributed by atoms with Crippen molar-refractivity contribution >= 4 is 46.5 Å². The van der Waals surface area contributed by atoms with Crippen molar-refractivity contribution in [2.75, 3.05) is 18.4 Å². The summed E-state index contributed by atoms with van der Waals surface area (Å²) < 4.78 is 47.2. The molecule has 2 aromatic carbocycles. The number of hydrogen-bond donors (Lipinski definition) is 5. The van der Waals surface area contributed by atoms with E-state index in [2.05, 4.69) is 36.6 Å². The van der Waals surface area contributed by atoms with Gasteiger partial charge in [-0.2, -0.15) is 8.78 Å². The highest BCUT2D eigenvalue weighted by molar-refractivity contribution is 6.39. The van der Waals surface area contributed by atoms with Crippen molar-refractivity contribution in [2.45, 2.75) is 57.5 Å². The largest absolute Gasteiger partial charge is 0.434 e. The SMILES string of the molecule is O=C1CC[C@@H](CNCc2ccc(-c3nccc(-c4cccc(Nc5nccc(CNC[C@@H]6CCC(=O)N6)c5F)c4Cl)c3Cl)cc2OC(F)F)N1. The molecule has 4 aromatic rings. The van der Waals surface area contributed by atoms with Crippen molar-refractivity contribution in [3.63, 3.8) is 0 Å². The summed E-state index contributed by atoms with van der Waals surface area (Å²) in [5.74, 6) is -0.597. The lowest BCUT2D eigenvalue weighted by Gasteiger charge is -2.17. The summed E-state index contributed by atoms with van der Waals surface area (Å²) in [5, 5.41) is 15.6. The van der Waals surface area contributed by atoms with Gasteiger partial charge in [-0.15, -0.1) is 0 Å². The minimum atomic E-state index is -3.06. The van der Waals surface area contributed by atoms with E-state index in [0.717, 1.165) is 6.42 Å². The van der Waals surface area contributed by atoms with Crippen molar-refractivity contribution in [3.8, 4) is 28.1 Å². The Morgan fingerprint density at radius 2 is 1.50 bits per heavy atom. The van der Waals surface area contributed by atoms with Crippen LogP contribution in [-0.2, 0) is 22.7 Å². The van der Waals surface area contributed by atoms with E-state index in [1.54, 1.807) is 42.5 Å². The number of pyridine rings is 2. The van der Waals surface area contributed by atoms with Gasteiger partial charge in [0.15, 0.2) is 11.6 Å². The first-order valence-corrected chi connectivity index (χ1v) is 16.8. The average Bonchev–Trinajstić information content (AvgIpc) is 3.71. The Hall–Kier alpha value is -4.43. The molecule has 5 N–H and O–H groups in total. The van der Waals surface area contributed by atoms with Crippen LogP contribution < -0.4 is 31.3 Å². The molecule has 0 bridgehead atoms. The number of halogens is 5. The number of rotatable bonds is 14. The third-order valence-corrected chi connectivity index (χ3v) is 9.33. The molecule has 10 nitrogen and oxygen atoms in total. The Labute approximate surface area is 296 Å². The zero-order valence-corrected chi connectivity index (χ0v) is 28.2. The molecular formula is C35H34Cl2F3N7O3. The van der Waals surface area contributed by atoms with E-state index < -0.39 is 12.4 Å². The van der Waals surface area contributed by atoms with Gasteiger partial charge in [0, 0.05) is 91.3 Å². The van der Waals surface area contributed by atoms with Gasteiger partial charge in [-0.1, -0.05) is 47.5 Å². The first-order chi connectivity index (χ1) is 24.2. The normalized spacial score (nSPS) is 17.2. The molecule has 0 radical (unpaired) electrons. The van der Waals surface area contributed by atoms with Crippen LogP contribution in [0.3, 0.4) is 0 Å². The van der Waals surface area contributed by atoms with Crippen molar-refractivity contribution in [2.24, 2.45) is 0 Å². The molecule has 2 atom stereocenters. The second-order valence-electron chi connectivity index (χ2n) is 12.0. The number of benzene rings is 2. The first kappa shape index (κ1) is 35.4. The van der Waals surface area contributed by atoms with Crippen LogP contribution in [0.1, 0.15) is 36.8 Å². The Kier molecular flexibility index (Phi) is 11.4. The minimum Gasteiger partial charge on any atom is -0.434 e. The summed E-state index contributed by atoms with van der Waals surface area (Å²) in [6, 6.07) is 13.2. The maximum absolute atomic E-state index is 15.5. The van der Waals surface area contributed by atoms with Crippen LogP contribution in [0.2, 0.25) is 10.0 Å². The Morgan fingerprint density at radius 1 is 0.840 bits per heavy atom. The summed E-state index contributed by atoms with van der Waals surface area (Å²) in [7, 11) is 0. The molecule has 2 fully saturated rings. The lowest BCUT2D eigenvalue weighted by Crippen LogP contribution is -2.35. The predicted molar refractivity (Wildman–Crippen MR) is 185 cm³/mol. The van der Waals surface area contributed by atoms with Crippen molar-refractivity contribution < 1.29 is 27.5 Å². The molecule has 6 rings (SSSR count). The van der Waals surface area contributed by atoms with E-state index in [-0.39, 0.29) is 58.6 Å². The molecule has 2 aromatic heterocycles. The molecule has 2 aliphatic heterocycles. The summed E-state index contributed by atoms with van der Waals surface area (Å²) >= 11 is 13.8. The highest BCUT2D eigenvalue weighted by Gasteiger charge is 2.23. The highest BCUT2D eigenvalue weighted by atomic mass is 35.5. The predicted octanol–water partition coefficient (Wildman–Crippen LogP) is 6.34. The average molecular weight is 729 g/mol. The van der Waals surface area contributed by atoms with Gasteiger partial charge < -0.3 is 31.3 Å². The topological polar surface area (TPSA) is 129 Å². The smallest absolute Gasteiger partial charge is 0.387 e. The Morgan fingerprint density at radius 3 is 2.16 bits per heavy atom. The fourth-order valence-corrected chi connectivity index (χ4v) is 6.60. The number of nitrogens with one attached hydrogen (secondary N) is 5. The molecule has 0 saturated carbocycles. The van der Waals surface area contributed by atoms with E-state index >= 15 is 4.39 Å². The summed E-state index contributed by atoms with van der Waals surface area (Å²) in [5.41, 5.74) is 3.05. The quantitative estimate of drug-likeness (QED) is 0.102. The van der Waals surface area contributed by atoms with Crippen molar-refractivity contribution in [1.82, 2.24) is 31.2 Å². The summed E-state index contributed by atoms with van der Waals surface area (Å²) in [4.78, 5) is 31.5. The molecule has 15 heteroatoms. The van der Waals surface area contributed by atoms with E-state index in [1.165, 1.54) is 18.5 Å². The number of carbonyl (C=O) groups is 2. The fourth-order valence-electron chi connectivity index (χ4n) is 6.00. The Bertz CT molecular complexity index is 1880. The van der Waals surface area contributed by atoms with Crippen LogP contribution in [-0.4, -0.2) is 53.6 Å². The number of aromatic nitrogens is 2. The molecule has 2 saturated heterocycles. The molecule has 0 unspecified atom stereocenters. The molecule has 4 heterocycles. The number of ether oxygens (including phenoxy) is 1. The van der Waals surface area contributed by atoms with Gasteiger partial charge >= 0.3 is 6.61 Å². The lowest BCUT2D eigenvalue weighted by atomic mass is 10.0. The molecular weight excluding hydrogens is 694 g/mol. The molecule has 0 aliphatic carbocycles. The second-order valence-corrected chi connectivity index (χ2v) is 12.8. The molecule has 2 aliphatic rings. The number of anilines is 2. The van der Waals surface area contributed by atoms with Crippen molar-refractivity contribution in [3.05, 3.63) is 87.9 Å². The van der Waals surface area contributed by atoms with Gasteiger partial charge in [0.2, 0.25) is 11.8 Å². The highest BCUT2D eigenvalue weighted by Crippen LogP contribution is 2.42. The third-order valence-electron chi connectivity index (χ3n) is 8.54. The Balaban J connectivity index is 1.19. The molecule has 2 amide bonds. The minimum absolute atomic E-state index is 0.00695. The number of nitrogens with zero attached hydrogens (tertiary/aromatic N) is 2. The maximum atomic E-state index is 15.5. The molecule has 262 valence electrons. The van der Waals surface area contributed by atoms with Gasteiger partial charge in [0.05, 0.1) is 21.4 Å². The van der Waals surface area contributed by atoms with E-state index in [9.17, 15) is 18.4 Å². The van der Waals surface area contributed by atoms with Gasteiger partial charge in [0.1, 0.15) is 5.75 Å². The standard InChI is InChI=1S/C35H34Cl2F3N7O3/c36-30-24(2-1-3-26(30)47-34-32(38)21(10-12-44-34)16-42-18-23-7-9-29(49)46-23)25-11-13-43-33(31(25)37)19-4-5-20(27(14-19)50-35(39)40)15-41-17-22-6-8-28(48)45-22/h1-5,10-14,22-23,35,41-42H,6-9,15-18H2,(H,44,47)(H,45,48)(H,46,49)/t22-,23-/m0/s1. The number of alkyl halides is 2. The van der Waals surface area contributed by atoms with E-state index in [1.807, 2.05) is 0 Å². The van der Waals surface area contributed by atoms with Gasteiger partial charge in [-0.05, 0) is 37.1 Å². The van der Waals surface area contributed by atoms with E-state index in [0.29, 0.717) is 71.6 Å². The monoisotopic (exact) mass is 727 g/mol. The molecule has 0 spiro atoms. The number of carbonyl (C=O) groups excluding carboxylic acids is 2. The maximum Gasteiger partial charge on any atom is 0.387 e. The summed E-state index contributed by atoms with van der Waals surface area (Å²) in [6.45, 7) is -1.58. The van der Waals surface area contributed by atoms with Crippen LogP contribution in [0, 0.1) is 5.82 Å². The van der Waals surface area contributed by atoms with Gasteiger partial charge in [-0.3, -0.25) is 14.6 Å². The van der Waals surface area contributed by atoms with Gasteiger partial charge in [0.25, 0.3) is 0 Å². The number of amides is 2. The second kappa shape index (κ2) is 16.1. The fraction of sp³-hybridized carbons (Fsp3) is 0.314. The van der Waals surface area contributed by atoms with Crippen molar-refractivity contribution in [1.29, 1.82) is 0 Å². The molecule has 50 heavy (non-hydrogen) atoms. The zero-order valence-electron chi connectivity index (χ0n) is 26.7. The van der Waals surface area contributed by atoms with Crippen LogP contribution in [0.25, 0.3) is 22.4 Å². The first-order valence-electron chi connectivity index (χ1n) is 16.1. The van der Waals surface area contributed by atoms with Gasteiger partial charge in [-0.25, -0.2) is 9.37 Å².